The molecule has 1 aromatic heterocycles. The highest BCUT2D eigenvalue weighted by atomic mass is 32.1. The van der Waals surface area contributed by atoms with Crippen LogP contribution in [0.4, 0.5) is 4.39 Å². The quantitative estimate of drug-likeness (QED) is 0.733. The van der Waals surface area contributed by atoms with E-state index in [4.69, 9.17) is 4.74 Å². The minimum atomic E-state index is -0.843. The van der Waals surface area contributed by atoms with E-state index in [-0.39, 0.29) is 12.4 Å². The highest BCUT2D eigenvalue weighted by Gasteiger charge is 2.14. The van der Waals surface area contributed by atoms with Crippen molar-refractivity contribution in [1.82, 2.24) is 4.98 Å². The molecule has 0 aliphatic rings. The van der Waals surface area contributed by atoms with Gasteiger partial charge in [0.1, 0.15) is 6.61 Å². The monoisotopic (exact) mass is 313 g/mol. The van der Waals surface area contributed by atoms with Gasteiger partial charge in [-0.15, -0.1) is 11.3 Å². The van der Waals surface area contributed by atoms with Crippen molar-refractivity contribution in [2.75, 3.05) is 0 Å². The van der Waals surface area contributed by atoms with Gasteiger partial charge in [0.05, 0.1) is 11.2 Å². The Kier molecular flexibility index (Phi) is 4.25. The maximum atomic E-state index is 13.8. The molecular formula is C17H12FNO2S. The molecule has 0 saturated heterocycles. The first-order chi connectivity index (χ1) is 10.8. The molecule has 0 spiro atoms. The normalized spacial score (nSPS) is 10.4. The summed E-state index contributed by atoms with van der Waals surface area (Å²) in [7, 11) is 0. The van der Waals surface area contributed by atoms with Gasteiger partial charge in [-0.2, -0.15) is 0 Å². The highest BCUT2D eigenvalue weighted by Crippen LogP contribution is 2.27. The Labute approximate surface area is 130 Å². The molecule has 2 aromatic carbocycles. The van der Waals surface area contributed by atoms with Gasteiger partial charge in [0, 0.05) is 10.9 Å². The largest absolute Gasteiger partial charge is 0.484 e. The first kappa shape index (κ1) is 14.4. The molecule has 0 aliphatic carbocycles. The third-order valence-corrected chi connectivity index (χ3v) is 3.69. The number of thiazole rings is 1. The van der Waals surface area contributed by atoms with Gasteiger partial charge in [0.15, 0.2) is 11.6 Å². The molecule has 3 aromatic rings. The Morgan fingerprint density at radius 3 is 2.64 bits per heavy atom. The third kappa shape index (κ3) is 3.04. The number of aromatic nitrogens is 1. The fraction of sp³-hybridized carbons (Fsp3) is 0.0588. The lowest BCUT2D eigenvalue weighted by molar-refractivity contribution is 0.303. The second-order valence-electron chi connectivity index (χ2n) is 4.59. The van der Waals surface area contributed by atoms with Crippen molar-refractivity contribution >= 4 is 11.3 Å². The van der Waals surface area contributed by atoms with E-state index in [0.29, 0.717) is 11.3 Å². The van der Waals surface area contributed by atoms with Gasteiger partial charge in [-0.3, -0.25) is 4.79 Å². The Bertz CT molecular complexity index is 820. The lowest BCUT2D eigenvalue weighted by atomic mass is 10.2. The zero-order valence-corrected chi connectivity index (χ0v) is 12.3. The Morgan fingerprint density at radius 1 is 1.09 bits per heavy atom. The standard InChI is InChI=1S/C17H12FNO2S/c18-14-8-4-7-13(15-10-22-11-19-15)17(16(14)20)21-9-12-5-2-1-3-6-12/h1-8,10-11H,9H2. The molecule has 0 aliphatic heterocycles. The van der Waals surface area contributed by atoms with Crippen LogP contribution in [0.3, 0.4) is 0 Å². The molecule has 0 amide bonds. The molecule has 3 rings (SSSR count). The summed E-state index contributed by atoms with van der Waals surface area (Å²) in [5, 5.41) is 1.79. The van der Waals surface area contributed by atoms with Crippen LogP contribution in [0.25, 0.3) is 11.3 Å². The summed E-state index contributed by atoms with van der Waals surface area (Å²) in [5.41, 5.74) is 2.89. The molecule has 0 unspecified atom stereocenters. The van der Waals surface area contributed by atoms with Crippen LogP contribution < -0.4 is 10.2 Å². The highest BCUT2D eigenvalue weighted by molar-refractivity contribution is 7.07. The maximum absolute atomic E-state index is 13.8. The zero-order valence-electron chi connectivity index (χ0n) is 11.5. The summed E-state index contributed by atoms with van der Waals surface area (Å²) in [6.07, 6.45) is 0. The fourth-order valence-electron chi connectivity index (χ4n) is 2.03. The van der Waals surface area contributed by atoms with Gasteiger partial charge in [-0.05, 0) is 17.7 Å². The van der Waals surface area contributed by atoms with E-state index < -0.39 is 11.2 Å². The molecule has 0 N–H and O–H groups in total. The molecule has 0 saturated carbocycles. The van der Waals surface area contributed by atoms with E-state index in [0.717, 1.165) is 11.6 Å². The topological polar surface area (TPSA) is 39.2 Å². The van der Waals surface area contributed by atoms with E-state index in [2.05, 4.69) is 4.98 Å². The van der Waals surface area contributed by atoms with Crippen molar-refractivity contribution in [1.29, 1.82) is 0 Å². The van der Waals surface area contributed by atoms with Crippen LogP contribution in [0.15, 0.2) is 64.2 Å². The van der Waals surface area contributed by atoms with Crippen molar-refractivity contribution in [3.8, 4) is 17.0 Å². The number of ether oxygens (including phenoxy) is 1. The van der Waals surface area contributed by atoms with Crippen LogP contribution in [0.2, 0.25) is 0 Å². The van der Waals surface area contributed by atoms with Crippen molar-refractivity contribution in [2.24, 2.45) is 0 Å². The number of hydrogen-bond donors (Lipinski definition) is 0. The molecule has 0 fully saturated rings. The van der Waals surface area contributed by atoms with E-state index in [1.54, 1.807) is 17.0 Å². The molecule has 3 nitrogen and oxygen atoms in total. The smallest absolute Gasteiger partial charge is 0.256 e. The number of hydrogen-bond acceptors (Lipinski definition) is 4. The zero-order chi connectivity index (χ0) is 15.4. The summed E-state index contributed by atoms with van der Waals surface area (Å²) in [4.78, 5) is 16.4. The Balaban J connectivity index is 2.03. The van der Waals surface area contributed by atoms with Crippen LogP contribution in [0, 0.1) is 5.82 Å². The molecule has 0 bridgehead atoms. The van der Waals surface area contributed by atoms with Gasteiger partial charge in [-0.25, -0.2) is 9.37 Å². The number of benzene rings is 1. The predicted octanol–water partition coefficient (Wildman–Crippen LogP) is 3.89. The third-order valence-electron chi connectivity index (χ3n) is 3.11. The van der Waals surface area contributed by atoms with Crippen molar-refractivity contribution < 1.29 is 9.13 Å². The fourth-order valence-corrected chi connectivity index (χ4v) is 2.58. The van der Waals surface area contributed by atoms with E-state index in [1.807, 2.05) is 30.3 Å². The second kappa shape index (κ2) is 6.49. The van der Waals surface area contributed by atoms with Gasteiger partial charge in [0.25, 0.3) is 5.43 Å². The first-order valence-corrected chi connectivity index (χ1v) is 7.58. The average Bonchev–Trinajstić information content (AvgIpc) is 3.03. The molecular weight excluding hydrogens is 301 g/mol. The molecule has 22 heavy (non-hydrogen) atoms. The summed E-state index contributed by atoms with van der Waals surface area (Å²) < 4.78 is 19.4. The maximum Gasteiger partial charge on any atom is 0.256 e. The van der Waals surface area contributed by atoms with Gasteiger partial charge < -0.3 is 4.74 Å². The van der Waals surface area contributed by atoms with Crippen LogP contribution in [0.1, 0.15) is 5.56 Å². The summed E-state index contributed by atoms with van der Waals surface area (Å²) in [6.45, 7) is 0.191. The molecule has 5 heteroatoms. The Hall–Kier alpha value is -2.53. The van der Waals surface area contributed by atoms with Crippen molar-refractivity contribution in [3.63, 3.8) is 0 Å². The number of nitrogens with zero attached hydrogens (tertiary/aromatic N) is 1. The van der Waals surface area contributed by atoms with Crippen LogP contribution in [0.5, 0.6) is 5.75 Å². The van der Waals surface area contributed by atoms with Crippen molar-refractivity contribution in [3.05, 3.63) is 81.0 Å². The van der Waals surface area contributed by atoms with Crippen LogP contribution >= 0.6 is 11.3 Å². The van der Waals surface area contributed by atoms with Crippen LogP contribution in [-0.2, 0) is 6.61 Å². The van der Waals surface area contributed by atoms with Crippen LogP contribution in [-0.4, -0.2) is 4.98 Å². The molecule has 0 radical (unpaired) electrons. The van der Waals surface area contributed by atoms with E-state index in [9.17, 15) is 9.18 Å². The number of halogens is 1. The van der Waals surface area contributed by atoms with Gasteiger partial charge in [0.2, 0.25) is 0 Å². The average molecular weight is 313 g/mol. The Morgan fingerprint density at radius 2 is 1.91 bits per heavy atom. The molecule has 1 heterocycles. The molecule has 0 atom stereocenters. The first-order valence-electron chi connectivity index (χ1n) is 6.64. The van der Waals surface area contributed by atoms with E-state index >= 15 is 0 Å². The second-order valence-corrected chi connectivity index (χ2v) is 5.31. The van der Waals surface area contributed by atoms with E-state index in [1.165, 1.54) is 17.4 Å². The predicted molar refractivity (Wildman–Crippen MR) is 84.6 cm³/mol. The minimum Gasteiger partial charge on any atom is -0.484 e. The molecule has 110 valence electrons. The summed E-state index contributed by atoms with van der Waals surface area (Å²) in [5.74, 6) is -0.859. The van der Waals surface area contributed by atoms with Gasteiger partial charge in [-0.1, -0.05) is 36.4 Å². The lowest BCUT2D eigenvalue weighted by Crippen LogP contribution is -2.10. The van der Waals surface area contributed by atoms with Gasteiger partial charge >= 0.3 is 0 Å². The summed E-state index contributed by atoms with van der Waals surface area (Å²) >= 11 is 1.40. The minimum absolute atomic E-state index is 0.0164. The SMILES string of the molecule is O=c1c(F)cccc(-c2cscn2)c1OCc1ccccc1. The summed E-state index contributed by atoms with van der Waals surface area (Å²) in [6, 6.07) is 13.7. The van der Waals surface area contributed by atoms with Crippen molar-refractivity contribution in [2.45, 2.75) is 6.61 Å². The lowest BCUT2D eigenvalue weighted by Gasteiger charge is -2.07. The number of rotatable bonds is 4.